The van der Waals surface area contributed by atoms with Crippen LogP contribution < -0.4 is 5.32 Å². The van der Waals surface area contributed by atoms with Crippen molar-refractivity contribution in [2.24, 2.45) is 0 Å². The lowest BCUT2D eigenvalue weighted by molar-refractivity contribution is 0.0951. The third kappa shape index (κ3) is 3.56. The highest BCUT2D eigenvalue weighted by Crippen LogP contribution is 2.24. The maximum absolute atomic E-state index is 12.8. The first-order valence-corrected chi connectivity index (χ1v) is 9.60. The van der Waals surface area contributed by atoms with Gasteiger partial charge in [-0.2, -0.15) is 0 Å². The lowest BCUT2D eigenvalue weighted by atomic mass is 10.1. The van der Waals surface area contributed by atoms with Gasteiger partial charge in [0, 0.05) is 36.7 Å². The Kier molecular flexibility index (Phi) is 4.98. The molecule has 142 valence electrons. The van der Waals surface area contributed by atoms with E-state index in [2.05, 4.69) is 42.1 Å². The third-order valence-electron chi connectivity index (χ3n) is 4.87. The second kappa shape index (κ2) is 7.72. The Morgan fingerprint density at radius 2 is 1.82 bits per heavy atom. The van der Waals surface area contributed by atoms with E-state index in [0.717, 1.165) is 23.3 Å². The van der Waals surface area contributed by atoms with Crippen LogP contribution >= 0.6 is 0 Å². The number of hydrogen-bond acceptors (Lipinski definition) is 2. The van der Waals surface area contributed by atoms with Crippen molar-refractivity contribution in [1.29, 1.82) is 0 Å². The molecule has 4 rings (SSSR count). The molecule has 28 heavy (non-hydrogen) atoms. The van der Waals surface area contributed by atoms with Crippen molar-refractivity contribution in [1.82, 2.24) is 19.3 Å². The van der Waals surface area contributed by atoms with Gasteiger partial charge in [0.25, 0.3) is 5.91 Å². The Bertz CT molecular complexity index is 1090. The van der Waals surface area contributed by atoms with E-state index in [1.165, 1.54) is 5.56 Å². The van der Waals surface area contributed by atoms with Crippen LogP contribution in [0.5, 0.6) is 0 Å². The number of pyridine rings is 1. The largest absolute Gasteiger partial charge is 0.351 e. The Morgan fingerprint density at radius 1 is 1.04 bits per heavy atom. The van der Waals surface area contributed by atoms with Crippen LogP contribution in [-0.2, 0) is 6.42 Å². The summed E-state index contributed by atoms with van der Waals surface area (Å²) in [6, 6.07) is 18.4. The Labute approximate surface area is 164 Å². The number of amides is 1. The minimum atomic E-state index is -0.144. The molecule has 1 aromatic carbocycles. The minimum Gasteiger partial charge on any atom is -0.351 e. The van der Waals surface area contributed by atoms with E-state index in [1.54, 1.807) is 0 Å². The van der Waals surface area contributed by atoms with Gasteiger partial charge < -0.3 is 9.88 Å². The third-order valence-corrected chi connectivity index (χ3v) is 4.87. The fourth-order valence-electron chi connectivity index (χ4n) is 3.32. The molecule has 0 aliphatic carbocycles. The summed E-state index contributed by atoms with van der Waals surface area (Å²) in [6.07, 6.45) is 6.86. The number of nitrogens with one attached hydrogen (secondary N) is 1. The van der Waals surface area contributed by atoms with Crippen LogP contribution in [0.25, 0.3) is 16.9 Å². The lowest BCUT2D eigenvalue weighted by Crippen LogP contribution is -2.26. The highest BCUT2D eigenvalue weighted by atomic mass is 16.1. The normalized spacial score (nSPS) is 11.2. The number of hydrogen-bond donors (Lipinski definition) is 1. The van der Waals surface area contributed by atoms with Gasteiger partial charge in [0.1, 0.15) is 5.82 Å². The number of nitrogens with zero attached hydrogens (tertiary/aromatic N) is 3. The minimum absolute atomic E-state index is 0.144. The Morgan fingerprint density at radius 3 is 2.57 bits per heavy atom. The molecule has 1 amide bonds. The summed E-state index contributed by atoms with van der Waals surface area (Å²) >= 11 is 0. The van der Waals surface area contributed by atoms with E-state index in [1.807, 2.05) is 59.3 Å². The molecular formula is C23H24N4O. The summed E-state index contributed by atoms with van der Waals surface area (Å²) in [5, 5.41) is 3.01. The van der Waals surface area contributed by atoms with E-state index in [-0.39, 0.29) is 5.91 Å². The van der Waals surface area contributed by atoms with E-state index >= 15 is 0 Å². The molecule has 0 saturated carbocycles. The van der Waals surface area contributed by atoms with Gasteiger partial charge in [-0.25, -0.2) is 4.98 Å². The molecule has 0 fully saturated rings. The van der Waals surface area contributed by atoms with Gasteiger partial charge in [-0.05, 0) is 44.0 Å². The van der Waals surface area contributed by atoms with Crippen molar-refractivity contribution in [2.45, 2.75) is 26.3 Å². The Balaban J connectivity index is 1.59. The molecule has 3 aromatic heterocycles. The molecule has 4 aromatic rings. The van der Waals surface area contributed by atoms with Crippen LogP contribution in [0.15, 0.2) is 73.2 Å². The summed E-state index contributed by atoms with van der Waals surface area (Å²) < 4.78 is 4.12. The molecular weight excluding hydrogens is 348 g/mol. The maximum atomic E-state index is 12.8. The monoisotopic (exact) mass is 372 g/mol. The topological polar surface area (TPSA) is 51.3 Å². The summed E-state index contributed by atoms with van der Waals surface area (Å²) in [7, 11) is 0. The van der Waals surface area contributed by atoms with Crippen LogP contribution in [0.4, 0.5) is 0 Å². The number of fused-ring (bicyclic) bond motifs is 1. The molecule has 0 unspecified atom stereocenters. The van der Waals surface area contributed by atoms with Crippen LogP contribution in [-0.4, -0.2) is 26.4 Å². The van der Waals surface area contributed by atoms with Crippen molar-refractivity contribution in [3.8, 4) is 11.4 Å². The molecule has 1 N–H and O–H groups in total. The zero-order chi connectivity index (χ0) is 19.5. The predicted octanol–water partition coefficient (Wildman–Crippen LogP) is 4.36. The van der Waals surface area contributed by atoms with E-state index in [9.17, 15) is 4.79 Å². The fourth-order valence-corrected chi connectivity index (χ4v) is 3.32. The molecule has 0 aliphatic heterocycles. The predicted molar refractivity (Wildman–Crippen MR) is 111 cm³/mol. The molecule has 0 saturated heterocycles. The zero-order valence-corrected chi connectivity index (χ0v) is 16.2. The molecule has 5 nitrogen and oxygen atoms in total. The van der Waals surface area contributed by atoms with E-state index in [4.69, 9.17) is 4.98 Å². The van der Waals surface area contributed by atoms with Gasteiger partial charge in [-0.15, -0.1) is 0 Å². The molecule has 0 atom stereocenters. The number of rotatable bonds is 6. The first-order chi connectivity index (χ1) is 13.6. The second-order valence-corrected chi connectivity index (χ2v) is 7.17. The van der Waals surface area contributed by atoms with Crippen molar-refractivity contribution in [3.63, 3.8) is 0 Å². The zero-order valence-electron chi connectivity index (χ0n) is 16.2. The van der Waals surface area contributed by atoms with E-state index in [0.29, 0.717) is 18.3 Å². The first kappa shape index (κ1) is 18.0. The maximum Gasteiger partial charge on any atom is 0.272 e. The standard InChI is InChI=1S/C23H24N4O/c1-17(2)26-15-12-19(16-26)22-25-21(20-10-6-7-14-27(20)22)23(28)24-13-11-18-8-4-3-5-9-18/h3-10,12,14-17H,11,13H2,1-2H3,(H,24,28). The smallest absolute Gasteiger partial charge is 0.272 e. The molecule has 0 radical (unpaired) electrons. The lowest BCUT2D eigenvalue weighted by Gasteiger charge is -2.05. The van der Waals surface area contributed by atoms with Gasteiger partial charge in [0.15, 0.2) is 5.69 Å². The SMILES string of the molecule is CC(C)n1ccc(-c2nc(C(=O)NCCc3ccccc3)c3ccccn23)c1. The number of carbonyl (C=O) groups excluding carboxylic acids is 1. The first-order valence-electron chi connectivity index (χ1n) is 9.60. The van der Waals surface area contributed by atoms with Crippen LogP contribution in [0, 0.1) is 0 Å². The summed E-state index contributed by atoms with van der Waals surface area (Å²) in [5.41, 5.74) is 3.47. The van der Waals surface area contributed by atoms with Gasteiger partial charge in [0.05, 0.1) is 5.52 Å². The molecule has 0 spiro atoms. The highest BCUT2D eigenvalue weighted by molar-refractivity contribution is 6.00. The van der Waals surface area contributed by atoms with Crippen LogP contribution in [0.2, 0.25) is 0 Å². The second-order valence-electron chi connectivity index (χ2n) is 7.17. The quantitative estimate of drug-likeness (QED) is 0.547. The fraction of sp³-hybridized carbons (Fsp3) is 0.217. The summed E-state index contributed by atoms with van der Waals surface area (Å²) in [5.74, 6) is 0.636. The summed E-state index contributed by atoms with van der Waals surface area (Å²) in [6.45, 7) is 4.85. The molecule has 0 bridgehead atoms. The van der Waals surface area contributed by atoms with Crippen molar-refractivity contribution >= 4 is 11.4 Å². The summed E-state index contributed by atoms with van der Waals surface area (Å²) in [4.78, 5) is 17.5. The van der Waals surface area contributed by atoms with E-state index < -0.39 is 0 Å². The van der Waals surface area contributed by atoms with Gasteiger partial charge >= 0.3 is 0 Å². The highest BCUT2D eigenvalue weighted by Gasteiger charge is 2.18. The number of benzene rings is 1. The number of imidazole rings is 1. The van der Waals surface area contributed by atoms with Crippen LogP contribution in [0.3, 0.4) is 0 Å². The Hall–Kier alpha value is -3.34. The van der Waals surface area contributed by atoms with Crippen molar-refractivity contribution in [3.05, 3.63) is 84.4 Å². The molecule has 3 heterocycles. The van der Waals surface area contributed by atoms with Crippen molar-refractivity contribution in [2.75, 3.05) is 6.54 Å². The van der Waals surface area contributed by atoms with Crippen LogP contribution in [0.1, 0.15) is 35.9 Å². The van der Waals surface area contributed by atoms with Crippen molar-refractivity contribution < 1.29 is 4.79 Å². The molecule has 0 aliphatic rings. The number of aromatic nitrogens is 3. The molecule has 5 heteroatoms. The average Bonchev–Trinajstić information content (AvgIpc) is 3.34. The van der Waals surface area contributed by atoms with Gasteiger partial charge in [0.2, 0.25) is 0 Å². The van der Waals surface area contributed by atoms with Gasteiger partial charge in [-0.1, -0.05) is 36.4 Å². The number of carbonyl (C=O) groups is 1. The average molecular weight is 372 g/mol. The van der Waals surface area contributed by atoms with Gasteiger partial charge in [-0.3, -0.25) is 9.20 Å².